The first kappa shape index (κ1) is 11.9. The SMILES string of the molecule is CC1C(N)CCCC1C(=O)N1CCC(O)C1. The summed E-state index contributed by atoms with van der Waals surface area (Å²) in [6.45, 7) is 3.30. The van der Waals surface area contributed by atoms with Gasteiger partial charge in [0, 0.05) is 25.0 Å². The Morgan fingerprint density at radius 2 is 2.12 bits per heavy atom. The van der Waals surface area contributed by atoms with E-state index in [9.17, 15) is 9.90 Å². The van der Waals surface area contributed by atoms with E-state index in [1.165, 1.54) is 0 Å². The van der Waals surface area contributed by atoms with Crippen molar-refractivity contribution in [2.24, 2.45) is 17.6 Å². The number of aliphatic hydroxyl groups excluding tert-OH is 1. The number of likely N-dealkylation sites (tertiary alicyclic amines) is 1. The maximum atomic E-state index is 12.3. The van der Waals surface area contributed by atoms with Crippen LogP contribution in [0.3, 0.4) is 0 Å². The van der Waals surface area contributed by atoms with E-state index < -0.39 is 0 Å². The fourth-order valence-corrected chi connectivity index (χ4v) is 2.92. The van der Waals surface area contributed by atoms with Gasteiger partial charge in [-0.1, -0.05) is 13.3 Å². The Kier molecular flexibility index (Phi) is 3.50. The van der Waals surface area contributed by atoms with Gasteiger partial charge >= 0.3 is 0 Å². The van der Waals surface area contributed by atoms with Crippen LogP contribution in [0.1, 0.15) is 32.6 Å². The number of aliphatic hydroxyl groups is 1. The van der Waals surface area contributed by atoms with Gasteiger partial charge in [-0.3, -0.25) is 4.79 Å². The zero-order valence-electron chi connectivity index (χ0n) is 9.93. The highest BCUT2D eigenvalue weighted by atomic mass is 16.3. The molecule has 1 saturated carbocycles. The van der Waals surface area contributed by atoms with Crippen LogP contribution in [0, 0.1) is 11.8 Å². The Bertz CT molecular complexity index is 270. The van der Waals surface area contributed by atoms with E-state index in [0.717, 1.165) is 25.7 Å². The monoisotopic (exact) mass is 226 g/mol. The van der Waals surface area contributed by atoms with Crippen LogP contribution >= 0.6 is 0 Å². The minimum atomic E-state index is -0.323. The third-order valence-electron chi connectivity index (χ3n) is 4.15. The number of β-amino-alcohol motifs (C(OH)–C–C–N with tert-alkyl or cyclic N) is 1. The van der Waals surface area contributed by atoms with Gasteiger partial charge < -0.3 is 15.7 Å². The summed E-state index contributed by atoms with van der Waals surface area (Å²) in [6, 6.07) is 0.162. The van der Waals surface area contributed by atoms with Crippen LogP contribution in [0.5, 0.6) is 0 Å². The van der Waals surface area contributed by atoms with Crippen molar-refractivity contribution in [3.63, 3.8) is 0 Å². The van der Waals surface area contributed by atoms with E-state index in [-0.39, 0.29) is 29.9 Å². The smallest absolute Gasteiger partial charge is 0.226 e. The first-order valence-electron chi connectivity index (χ1n) is 6.32. The van der Waals surface area contributed by atoms with E-state index in [1.807, 2.05) is 4.90 Å². The topological polar surface area (TPSA) is 66.6 Å². The molecule has 1 aliphatic heterocycles. The summed E-state index contributed by atoms with van der Waals surface area (Å²) < 4.78 is 0. The van der Waals surface area contributed by atoms with Crippen LogP contribution in [0.15, 0.2) is 0 Å². The van der Waals surface area contributed by atoms with Gasteiger partial charge in [0.1, 0.15) is 0 Å². The standard InChI is InChI=1S/C12H22N2O2/c1-8-10(3-2-4-11(8)13)12(16)14-6-5-9(15)7-14/h8-11,15H,2-7,13H2,1H3. The molecule has 4 unspecified atom stereocenters. The molecule has 0 spiro atoms. The van der Waals surface area contributed by atoms with Crippen molar-refractivity contribution in [3.05, 3.63) is 0 Å². The first-order valence-corrected chi connectivity index (χ1v) is 6.32. The maximum Gasteiger partial charge on any atom is 0.226 e. The lowest BCUT2D eigenvalue weighted by molar-refractivity contribution is -0.137. The second-order valence-electron chi connectivity index (χ2n) is 5.29. The van der Waals surface area contributed by atoms with E-state index in [4.69, 9.17) is 5.73 Å². The number of rotatable bonds is 1. The summed E-state index contributed by atoms with van der Waals surface area (Å²) in [7, 11) is 0. The van der Waals surface area contributed by atoms with Crippen molar-refractivity contribution in [2.45, 2.75) is 44.8 Å². The molecule has 1 aliphatic carbocycles. The number of nitrogens with zero attached hydrogens (tertiary/aromatic N) is 1. The molecule has 0 radical (unpaired) electrons. The summed E-state index contributed by atoms with van der Waals surface area (Å²) in [4.78, 5) is 14.1. The van der Waals surface area contributed by atoms with Crippen LogP contribution < -0.4 is 5.73 Å². The Morgan fingerprint density at radius 1 is 1.38 bits per heavy atom. The number of amides is 1. The quantitative estimate of drug-likeness (QED) is 0.677. The summed E-state index contributed by atoms with van der Waals surface area (Å²) in [6.07, 6.45) is 3.45. The third kappa shape index (κ3) is 2.23. The molecule has 2 rings (SSSR count). The summed E-state index contributed by atoms with van der Waals surface area (Å²) in [5, 5.41) is 9.45. The molecule has 4 atom stereocenters. The molecule has 1 amide bonds. The molecule has 4 nitrogen and oxygen atoms in total. The van der Waals surface area contributed by atoms with Crippen LogP contribution in [0.2, 0.25) is 0 Å². The molecule has 0 bridgehead atoms. The molecular weight excluding hydrogens is 204 g/mol. The molecule has 1 saturated heterocycles. The fraction of sp³-hybridized carbons (Fsp3) is 0.917. The summed E-state index contributed by atoms with van der Waals surface area (Å²) >= 11 is 0. The first-order chi connectivity index (χ1) is 7.59. The highest BCUT2D eigenvalue weighted by Gasteiger charge is 2.36. The van der Waals surface area contributed by atoms with Crippen LogP contribution in [-0.4, -0.2) is 41.1 Å². The van der Waals surface area contributed by atoms with E-state index in [0.29, 0.717) is 13.1 Å². The average molecular weight is 226 g/mol. The third-order valence-corrected chi connectivity index (χ3v) is 4.15. The molecule has 92 valence electrons. The lowest BCUT2D eigenvalue weighted by Gasteiger charge is -2.35. The van der Waals surface area contributed by atoms with Crippen LogP contribution in [0.4, 0.5) is 0 Å². The number of carbonyl (C=O) groups is 1. The Hall–Kier alpha value is -0.610. The molecule has 4 heteroatoms. The van der Waals surface area contributed by atoms with Crippen molar-refractivity contribution in [2.75, 3.05) is 13.1 Å². The van der Waals surface area contributed by atoms with Crippen LogP contribution in [-0.2, 0) is 4.79 Å². The van der Waals surface area contributed by atoms with Crippen molar-refractivity contribution < 1.29 is 9.90 Å². The molecule has 2 fully saturated rings. The second-order valence-corrected chi connectivity index (χ2v) is 5.29. The second kappa shape index (κ2) is 4.72. The average Bonchev–Trinajstić information content (AvgIpc) is 2.68. The number of nitrogens with two attached hydrogens (primary N) is 1. The maximum absolute atomic E-state index is 12.3. The van der Waals surface area contributed by atoms with E-state index >= 15 is 0 Å². The Balaban J connectivity index is 1.98. The van der Waals surface area contributed by atoms with Gasteiger partial charge in [0.25, 0.3) is 0 Å². The van der Waals surface area contributed by atoms with E-state index in [2.05, 4.69) is 6.92 Å². The Labute approximate surface area is 96.8 Å². The molecular formula is C12H22N2O2. The normalized spacial score (nSPS) is 40.1. The predicted molar refractivity (Wildman–Crippen MR) is 61.7 cm³/mol. The largest absolute Gasteiger partial charge is 0.391 e. The predicted octanol–water partition coefficient (Wildman–Crippen LogP) is 0.343. The number of hydrogen-bond donors (Lipinski definition) is 2. The van der Waals surface area contributed by atoms with Gasteiger partial charge in [0.15, 0.2) is 0 Å². The Morgan fingerprint density at radius 3 is 2.75 bits per heavy atom. The fourth-order valence-electron chi connectivity index (χ4n) is 2.92. The van der Waals surface area contributed by atoms with Gasteiger partial charge in [-0.05, 0) is 25.2 Å². The van der Waals surface area contributed by atoms with E-state index in [1.54, 1.807) is 0 Å². The zero-order valence-corrected chi connectivity index (χ0v) is 9.93. The molecule has 1 heterocycles. The lowest BCUT2D eigenvalue weighted by atomic mass is 9.76. The molecule has 0 aromatic carbocycles. The highest BCUT2D eigenvalue weighted by molar-refractivity contribution is 5.79. The van der Waals surface area contributed by atoms with Gasteiger partial charge in [-0.25, -0.2) is 0 Å². The zero-order chi connectivity index (χ0) is 11.7. The van der Waals surface area contributed by atoms with Crippen molar-refractivity contribution in [1.82, 2.24) is 4.90 Å². The number of hydrogen-bond acceptors (Lipinski definition) is 3. The molecule has 3 N–H and O–H groups in total. The minimum Gasteiger partial charge on any atom is -0.391 e. The van der Waals surface area contributed by atoms with Crippen molar-refractivity contribution in [3.8, 4) is 0 Å². The van der Waals surface area contributed by atoms with Crippen molar-refractivity contribution in [1.29, 1.82) is 0 Å². The molecule has 0 aromatic heterocycles. The highest BCUT2D eigenvalue weighted by Crippen LogP contribution is 2.31. The van der Waals surface area contributed by atoms with Gasteiger partial charge in [0.05, 0.1) is 6.10 Å². The minimum absolute atomic E-state index is 0.0778. The summed E-state index contributed by atoms with van der Waals surface area (Å²) in [5.74, 6) is 0.562. The van der Waals surface area contributed by atoms with Crippen LogP contribution in [0.25, 0.3) is 0 Å². The molecule has 16 heavy (non-hydrogen) atoms. The molecule has 0 aromatic rings. The molecule has 2 aliphatic rings. The number of carbonyl (C=O) groups excluding carboxylic acids is 1. The van der Waals surface area contributed by atoms with Gasteiger partial charge in [-0.15, -0.1) is 0 Å². The lowest BCUT2D eigenvalue weighted by Crippen LogP contribution is -2.45. The summed E-state index contributed by atoms with van der Waals surface area (Å²) in [5.41, 5.74) is 6.01. The van der Waals surface area contributed by atoms with Gasteiger partial charge in [-0.2, -0.15) is 0 Å². The van der Waals surface area contributed by atoms with Crippen molar-refractivity contribution >= 4 is 5.91 Å². The van der Waals surface area contributed by atoms with Gasteiger partial charge in [0.2, 0.25) is 5.91 Å².